The van der Waals surface area contributed by atoms with Crippen molar-refractivity contribution in [2.45, 2.75) is 19.3 Å². The van der Waals surface area contributed by atoms with E-state index in [1.807, 2.05) is 0 Å². The van der Waals surface area contributed by atoms with Gasteiger partial charge in [0.15, 0.2) is 0 Å². The van der Waals surface area contributed by atoms with Gasteiger partial charge in [-0.15, -0.1) is 0 Å². The molecule has 1 heterocycles. The minimum absolute atomic E-state index is 0.100. The summed E-state index contributed by atoms with van der Waals surface area (Å²) in [5.74, 6) is -1.04. The largest absolute Gasteiger partial charge is 0.478 e. The van der Waals surface area contributed by atoms with Gasteiger partial charge in [-0.05, 0) is 56.0 Å². The molecule has 0 aliphatic carbocycles. The summed E-state index contributed by atoms with van der Waals surface area (Å²) in [6, 6.07) is 4.04. The summed E-state index contributed by atoms with van der Waals surface area (Å²) >= 11 is 0. The maximum Gasteiger partial charge on any atom is 0.336 e. The monoisotopic (exact) mass is 237 g/mol. The Bertz CT molecular complexity index is 414. The number of piperidine rings is 1. The van der Waals surface area contributed by atoms with E-state index >= 15 is 0 Å². The van der Waals surface area contributed by atoms with E-state index in [9.17, 15) is 9.18 Å². The summed E-state index contributed by atoms with van der Waals surface area (Å²) in [6.07, 6.45) is 2.83. The Hall–Kier alpha value is -1.42. The molecule has 17 heavy (non-hydrogen) atoms. The van der Waals surface area contributed by atoms with Crippen molar-refractivity contribution in [3.63, 3.8) is 0 Å². The molecule has 0 radical (unpaired) electrons. The fourth-order valence-electron chi connectivity index (χ4n) is 2.32. The van der Waals surface area contributed by atoms with E-state index < -0.39 is 11.8 Å². The zero-order valence-corrected chi connectivity index (χ0v) is 9.58. The SMILES string of the molecule is O=C(O)c1cc(F)ccc1CC1CCNCC1. The highest BCUT2D eigenvalue weighted by atomic mass is 19.1. The fraction of sp³-hybridized carbons (Fsp3) is 0.462. The Labute approximate surface area is 99.7 Å². The first kappa shape index (κ1) is 12.0. The molecule has 0 spiro atoms. The van der Waals surface area contributed by atoms with Crippen LogP contribution in [0.2, 0.25) is 0 Å². The number of rotatable bonds is 3. The zero-order valence-electron chi connectivity index (χ0n) is 9.58. The third-order valence-electron chi connectivity index (χ3n) is 3.27. The third-order valence-corrected chi connectivity index (χ3v) is 3.27. The van der Waals surface area contributed by atoms with Crippen molar-refractivity contribution in [1.82, 2.24) is 5.32 Å². The van der Waals surface area contributed by atoms with Crippen LogP contribution in [0, 0.1) is 11.7 Å². The van der Waals surface area contributed by atoms with Gasteiger partial charge in [0.1, 0.15) is 5.82 Å². The molecule has 1 aromatic rings. The first-order valence-corrected chi connectivity index (χ1v) is 5.89. The van der Waals surface area contributed by atoms with Crippen LogP contribution in [0.4, 0.5) is 4.39 Å². The Kier molecular flexibility index (Phi) is 3.74. The van der Waals surface area contributed by atoms with Crippen LogP contribution in [0.3, 0.4) is 0 Å². The van der Waals surface area contributed by atoms with Crippen LogP contribution in [0.25, 0.3) is 0 Å². The van der Waals surface area contributed by atoms with Gasteiger partial charge in [-0.3, -0.25) is 0 Å². The average Bonchev–Trinajstić information content (AvgIpc) is 2.32. The van der Waals surface area contributed by atoms with Crippen LogP contribution >= 0.6 is 0 Å². The Morgan fingerprint density at radius 2 is 2.12 bits per heavy atom. The standard InChI is InChI=1S/C13H16FNO2/c14-11-2-1-10(12(8-11)13(16)17)7-9-3-5-15-6-4-9/h1-2,8-9,15H,3-7H2,(H,16,17). The lowest BCUT2D eigenvalue weighted by Gasteiger charge is -2.23. The Balaban J connectivity index is 2.16. The molecule has 1 fully saturated rings. The van der Waals surface area contributed by atoms with Gasteiger partial charge in [0.2, 0.25) is 0 Å². The van der Waals surface area contributed by atoms with Gasteiger partial charge in [0, 0.05) is 0 Å². The minimum Gasteiger partial charge on any atom is -0.478 e. The molecule has 92 valence electrons. The number of carboxylic acid groups (broad SMARTS) is 1. The van der Waals surface area contributed by atoms with Gasteiger partial charge in [-0.2, -0.15) is 0 Å². The number of halogens is 1. The summed E-state index contributed by atoms with van der Waals surface area (Å²) in [5.41, 5.74) is 0.842. The first-order valence-electron chi connectivity index (χ1n) is 5.89. The number of nitrogens with one attached hydrogen (secondary N) is 1. The lowest BCUT2D eigenvalue weighted by molar-refractivity contribution is 0.0695. The summed E-state index contributed by atoms with van der Waals surface area (Å²) in [5, 5.41) is 12.3. The summed E-state index contributed by atoms with van der Waals surface area (Å²) < 4.78 is 13.0. The molecule has 0 atom stereocenters. The van der Waals surface area contributed by atoms with Crippen LogP contribution < -0.4 is 5.32 Å². The van der Waals surface area contributed by atoms with E-state index in [2.05, 4.69) is 5.32 Å². The molecule has 1 saturated heterocycles. The van der Waals surface area contributed by atoms with Crippen LogP contribution in [0.5, 0.6) is 0 Å². The molecule has 3 nitrogen and oxygen atoms in total. The minimum atomic E-state index is -1.05. The topological polar surface area (TPSA) is 49.3 Å². The molecule has 0 amide bonds. The van der Waals surface area contributed by atoms with Crippen LogP contribution in [-0.4, -0.2) is 24.2 Å². The fourth-order valence-corrected chi connectivity index (χ4v) is 2.32. The Morgan fingerprint density at radius 1 is 1.41 bits per heavy atom. The quantitative estimate of drug-likeness (QED) is 0.846. The van der Waals surface area contributed by atoms with Crippen molar-refractivity contribution in [1.29, 1.82) is 0 Å². The molecule has 0 aromatic heterocycles. The third kappa shape index (κ3) is 3.03. The zero-order chi connectivity index (χ0) is 12.3. The summed E-state index contributed by atoms with van der Waals surface area (Å²) in [4.78, 5) is 11.0. The first-order chi connectivity index (χ1) is 8.16. The number of aromatic carboxylic acids is 1. The molecular weight excluding hydrogens is 221 g/mol. The van der Waals surface area contributed by atoms with Crippen LogP contribution in [0.15, 0.2) is 18.2 Å². The van der Waals surface area contributed by atoms with Gasteiger partial charge >= 0.3 is 5.97 Å². The van der Waals surface area contributed by atoms with Gasteiger partial charge in [-0.25, -0.2) is 9.18 Å². The van der Waals surface area contributed by atoms with Crippen LogP contribution in [-0.2, 0) is 6.42 Å². The van der Waals surface area contributed by atoms with Crippen molar-refractivity contribution < 1.29 is 14.3 Å². The van der Waals surface area contributed by atoms with Crippen molar-refractivity contribution in [3.05, 3.63) is 35.1 Å². The van der Waals surface area contributed by atoms with Crippen molar-refractivity contribution >= 4 is 5.97 Å². The molecule has 0 saturated carbocycles. The maximum absolute atomic E-state index is 13.0. The number of benzene rings is 1. The maximum atomic E-state index is 13.0. The Morgan fingerprint density at radius 3 is 2.76 bits per heavy atom. The van der Waals surface area contributed by atoms with E-state index in [0.29, 0.717) is 5.92 Å². The molecule has 1 aliphatic heterocycles. The van der Waals surface area contributed by atoms with E-state index in [4.69, 9.17) is 5.11 Å². The number of hydrogen-bond donors (Lipinski definition) is 2. The van der Waals surface area contributed by atoms with E-state index in [1.54, 1.807) is 6.07 Å². The van der Waals surface area contributed by atoms with E-state index in [0.717, 1.165) is 44.0 Å². The molecule has 1 aromatic carbocycles. The van der Waals surface area contributed by atoms with E-state index in [-0.39, 0.29) is 5.56 Å². The highest BCUT2D eigenvalue weighted by molar-refractivity contribution is 5.89. The van der Waals surface area contributed by atoms with Crippen molar-refractivity contribution in [3.8, 4) is 0 Å². The second-order valence-electron chi connectivity index (χ2n) is 4.50. The second kappa shape index (κ2) is 5.27. The predicted octanol–water partition coefficient (Wildman–Crippen LogP) is 2.07. The lowest BCUT2D eigenvalue weighted by atomic mass is 9.89. The van der Waals surface area contributed by atoms with Gasteiger partial charge in [-0.1, -0.05) is 6.07 Å². The molecule has 2 N–H and O–H groups in total. The molecule has 1 aliphatic rings. The summed E-state index contributed by atoms with van der Waals surface area (Å²) in [7, 11) is 0. The van der Waals surface area contributed by atoms with E-state index in [1.165, 1.54) is 6.07 Å². The molecular formula is C13H16FNO2. The highest BCUT2D eigenvalue weighted by Gasteiger charge is 2.18. The van der Waals surface area contributed by atoms with Crippen LogP contribution in [0.1, 0.15) is 28.8 Å². The number of hydrogen-bond acceptors (Lipinski definition) is 2. The van der Waals surface area contributed by atoms with Gasteiger partial charge in [0.05, 0.1) is 5.56 Å². The molecule has 2 rings (SSSR count). The average molecular weight is 237 g/mol. The number of carbonyl (C=O) groups is 1. The molecule has 0 unspecified atom stereocenters. The second-order valence-corrected chi connectivity index (χ2v) is 4.50. The molecule has 4 heteroatoms. The lowest BCUT2D eigenvalue weighted by Crippen LogP contribution is -2.29. The molecule has 0 bridgehead atoms. The predicted molar refractivity (Wildman–Crippen MR) is 62.7 cm³/mol. The van der Waals surface area contributed by atoms with Gasteiger partial charge in [0.25, 0.3) is 0 Å². The van der Waals surface area contributed by atoms with Gasteiger partial charge < -0.3 is 10.4 Å². The number of carboxylic acids is 1. The normalized spacial score (nSPS) is 17.0. The highest BCUT2D eigenvalue weighted by Crippen LogP contribution is 2.21. The van der Waals surface area contributed by atoms with Crippen molar-refractivity contribution in [2.75, 3.05) is 13.1 Å². The summed E-state index contributed by atoms with van der Waals surface area (Å²) in [6.45, 7) is 1.96. The van der Waals surface area contributed by atoms with Crippen molar-refractivity contribution in [2.24, 2.45) is 5.92 Å². The smallest absolute Gasteiger partial charge is 0.336 e.